The summed E-state index contributed by atoms with van der Waals surface area (Å²) in [4.78, 5) is 12.2. The molecule has 6 heteroatoms. The minimum atomic E-state index is -0.113. The number of nitriles is 1. The lowest BCUT2D eigenvalue weighted by molar-refractivity contribution is 0.687. The van der Waals surface area contributed by atoms with Crippen LogP contribution in [0.4, 0.5) is 0 Å². The molecule has 6 nitrogen and oxygen atoms in total. The van der Waals surface area contributed by atoms with Gasteiger partial charge in [-0.2, -0.15) is 10.4 Å². The molecular weight excluding hydrogens is 338 g/mol. The monoisotopic (exact) mass is 355 g/mol. The summed E-state index contributed by atoms with van der Waals surface area (Å²) in [5.41, 5.74) is 4.09. The van der Waals surface area contributed by atoms with Crippen molar-refractivity contribution >= 4 is 0 Å². The molecule has 0 saturated heterocycles. The van der Waals surface area contributed by atoms with Gasteiger partial charge < -0.3 is 9.13 Å². The van der Waals surface area contributed by atoms with E-state index < -0.39 is 0 Å². The van der Waals surface area contributed by atoms with E-state index in [-0.39, 0.29) is 5.56 Å². The summed E-state index contributed by atoms with van der Waals surface area (Å²) < 4.78 is 5.21. The van der Waals surface area contributed by atoms with Crippen molar-refractivity contribution in [1.29, 1.82) is 5.26 Å². The summed E-state index contributed by atoms with van der Waals surface area (Å²) in [7, 11) is 1.72. The number of aryl methyl sites for hydroxylation is 1. The van der Waals surface area contributed by atoms with Gasteiger partial charge in [0.25, 0.3) is 5.56 Å². The van der Waals surface area contributed by atoms with E-state index in [1.165, 1.54) is 0 Å². The Balaban J connectivity index is 1.76. The Morgan fingerprint density at radius 2 is 1.93 bits per heavy atom. The summed E-state index contributed by atoms with van der Waals surface area (Å²) in [5, 5.41) is 13.5. The van der Waals surface area contributed by atoms with Gasteiger partial charge in [0.2, 0.25) is 0 Å². The Morgan fingerprint density at radius 1 is 1.11 bits per heavy atom. The SMILES string of the molecule is Cn1cc(-c2cnn(Cc3ccccc3)c2)c(-n2ccc(C#N)c2)cc1=O. The molecule has 0 aliphatic carbocycles. The summed E-state index contributed by atoms with van der Waals surface area (Å²) in [6.07, 6.45) is 9.05. The van der Waals surface area contributed by atoms with Crippen LogP contribution in [-0.2, 0) is 13.6 Å². The molecule has 0 aliphatic heterocycles. The smallest absolute Gasteiger partial charge is 0.252 e. The van der Waals surface area contributed by atoms with E-state index in [4.69, 9.17) is 5.26 Å². The molecule has 0 radical (unpaired) electrons. The van der Waals surface area contributed by atoms with Crippen molar-refractivity contribution in [2.45, 2.75) is 6.54 Å². The maximum absolute atomic E-state index is 12.2. The molecule has 0 amide bonds. The van der Waals surface area contributed by atoms with Gasteiger partial charge >= 0.3 is 0 Å². The third-order valence-corrected chi connectivity index (χ3v) is 4.44. The predicted octanol–water partition coefficient (Wildman–Crippen LogP) is 2.96. The van der Waals surface area contributed by atoms with Crippen molar-refractivity contribution < 1.29 is 0 Å². The average molecular weight is 355 g/mol. The minimum absolute atomic E-state index is 0.113. The molecular formula is C21H17N5O. The standard InChI is InChI=1S/C21H17N5O/c1-24-15-19(20(9-21(24)27)25-8-7-17(10-22)12-25)18-11-23-26(14-18)13-16-5-3-2-4-6-16/h2-9,11-12,14-15H,13H2,1H3. The molecule has 0 unspecified atom stereocenters. The first-order chi connectivity index (χ1) is 13.1. The Hall–Kier alpha value is -3.85. The second-order valence-electron chi connectivity index (χ2n) is 6.35. The lowest BCUT2D eigenvalue weighted by Crippen LogP contribution is -2.17. The topological polar surface area (TPSA) is 68.5 Å². The maximum atomic E-state index is 12.2. The zero-order valence-corrected chi connectivity index (χ0v) is 14.8. The molecule has 0 spiro atoms. The largest absolute Gasteiger partial charge is 0.322 e. The Labute approximate surface area is 156 Å². The first-order valence-electron chi connectivity index (χ1n) is 8.50. The fourth-order valence-electron chi connectivity index (χ4n) is 3.03. The van der Waals surface area contributed by atoms with Crippen LogP contribution in [0, 0.1) is 11.3 Å². The van der Waals surface area contributed by atoms with Gasteiger partial charge in [0.05, 0.1) is 24.0 Å². The molecule has 0 saturated carbocycles. The first kappa shape index (κ1) is 16.6. The van der Waals surface area contributed by atoms with Crippen LogP contribution in [-0.4, -0.2) is 18.9 Å². The summed E-state index contributed by atoms with van der Waals surface area (Å²) in [6, 6.07) is 15.5. The highest BCUT2D eigenvalue weighted by molar-refractivity contribution is 5.71. The van der Waals surface area contributed by atoms with Crippen LogP contribution in [0.15, 0.2) is 78.2 Å². The van der Waals surface area contributed by atoms with E-state index in [1.807, 2.05) is 29.1 Å². The number of aromatic nitrogens is 4. The molecule has 0 atom stereocenters. The Kier molecular flexibility index (Phi) is 4.19. The van der Waals surface area contributed by atoms with Crippen molar-refractivity contribution in [2.75, 3.05) is 0 Å². The molecule has 1 aromatic carbocycles. The third kappa shape index (κ3) is 3.31. The highest BCUT2D eigenvalue weighted by Gasteiger charge is 2.12. The molecule has 132 valence electrons. The molecule has 27 heavy (non-hydrogen) atoms. The van der Waals surface area contributed by atoms with Crippen molar-refractivity contribution in [2.24, 2.45) is 7.05 Å². The number of hydrogen-bond donors (Lipinski definition) is 0. The van der Waals surface area contributed by atoms with E-state index in [0.717, 1.165) is 22.4 Å². The quantitative estimate of drug-likeness (QED) is 0.565. The van der Waals surface area contributed by atoms with Crippen LogP contribution < -0.4 is 5.56 Å². The molecule has 0 aliphatic rings. The van der Waals surface area contributed by atoms with E-state index in [2.05, 4.69) is 23.3 Å². The van der Waals surface area contributed by atoms with Gasteiger partial charge in [-0.15, -0.1) is 0 Å². The summed E-state index contributed by atoms with van der Waals surface area (Å²) in [5.74, 6) is 0. The number of nitrogens with zero attached hydrogens (tertiary/aromatic N) is 5. The molecule has 0 N–H and O–H groups in total. The van der Waals surface area contributed by atoms with Gasteiger partial charge in [0, 0.05) is 49.0 Å². The van der Waals surface area contributed by atoms with Gasteiger partial charge in [-0.3, -0.25) is 9.48 Å². The van der Waals surface area contributed by atoms with Crippen molar-refractivity contribution in [1.82, 2.24) is 18.9 Å². The van der Waals surface area contributed by atoms with Gasteiger partial charge in [-0.05, 0) is 11.6 Å². The fraction of sp³-hybridized carbons (Fsp3) is 0.0952. The van der Waals surface area contributed by atoms with Crippen LogP contribution in [0.3, 0.4) is 0 Å². The number of hydrogen-bond acceptors (Lipinski definition) is 3. The lowest BCUT2D eigenvalue weighted by Gasteiger charge is -2.11. The molecule has 3 aromatic heterocycles. The van der Waals surface area contributed by atoms with Crippen molar-refractivity contribution in [3.8, 4) is 22.9 Å². The second-order valence-corrected chi connectivity index (χ2v) is 6.35. The third-order valence-electron chi connectivity index (χ3n) is 4.44. The van der Waals surface area contributed by atoms with Crippen molar-refractivity contribution in [3.63, 3.8) is 0 Å². The normalized spacial score (nSPS) is 10.7. The zero-order chi connectivity index (χ0) is 18.8. The highest BCUT2D eigenvalue weighted by Crippen LogP contribution is 2.25. The minimum Gasteiger partial charge on any atom is -0.322 e. The van der Waals surface area contributed by atoms with Crippen LogP contribution in [0.1, 0.15) is 11.1 Å². The van der Waals surface area contributed by atoms with E-state index in [0.29, 0.717) is 12.1 Å². The molecule has 0 fully saturated rings. The number of rotatable bonds is 4. The van der Waals surface area contributed by atoms with Crippen LogP contribution in [0.2, 0.25) is 0 Å². The maximum Gasteiger partial charge on any atom is 0.252 e. The number of benzene rings is 1. The average Bonchev–Trinajstić information content (AvgIpc) is 3.34. The molecule has 0 bridgehead atoms. The first-order valence-corrected chi connectivity index (χ1v) is 8.50. The predicted molar refractivity (Wildman–Crippen MR) is 102 cm³/mol. The molecule has 4 rings (SSSR count). The highest BCUT2D eigenvalue weighted by atomic mass is 16.1. The van der Waals surface area contributed by atoms with E-state index in [9.17, 15) is 4.79 Å². The van der Waals surface area contributed by atoms with Crippen LogP contribution in [0.5, 0.6) is 0 Å². The fourth-order valence-corrected chi connectivity index (χ4v) is 3.03. The van der Waals surface area contributed by atoms with Gasteiger partial charge in [-0.25, -0.2) is 0 Å². The Bertz CT molecular complexity index is 1190. The summed E-state index contributed by atoms with van der Waals surface area (Å²) in [6.45, 7) is 0.671. The Morgan fingerprint density at radius 3 is 2.67 bits per heavy atom. The molecule has 4 aromatic rings. The lowest BCUT2D eigenvalue weighted by atomic mass is 10.1. The van der Waals surface area contributed by atoms with Crippen LogP contribution >= 0.6 is 0 Å². The molecule has 3 heterocycles. The van der Waals surface area contributed by atoms with Gasteiger partial charge in [0.1, 0.15) is 6.07 Å². The second kappa shape index (κ2) is 6.81. The number of pyridine rings is 1. The van der Waals surface area contributed by atoms with Crippen molar-refractivity contribution in [3.05, 3.63) is 94.9 Å². The van der Waals surface area contributed by atoms with Crippen LogP contribution in [0.25, 0.3) is 16.8 Å². The van der Waals surface area contributed by atoms with E-state index in [1.54, 1.807) is 53.1 Å². The van der Waals surface area contributed by atoms with Gasteiger partial charge in [-0.1, -0.05) is 30.3 Å². The summed E-state index contributed by atoms with van der Waals surface area (Å²) >= 11 is 0. The zero-order valence-electron chi connectivity index (χ0n) is 14.8. The van der Waals surface area contributed by atoms with Gasteiger partial charge in [0.15, 0.2) is 0 Å². The van der Waals surface area contributed by atoms with E-state index >= 15 is 0 Å².